The summed E-state index contributed by atoms with van der Waals surface area (Å²) in [4.78, 5) is 32.6. The maximum atomic E-state index is 13.2. The number of fused-ring (bicyclic) bond motifs is 2. The first kappa shape index (κ1) is 21.7. The second-order valence-corrected chi connectivity index (χ2v) is 9.47. The zero-order chi connectivity index (χ0) is 24.1. The van der Waals surface area contributed by atoms with Gasteiger partial charge in [-0.25, -0.2) is 0 Å². The molecule has 7 nitrogen and oxygen atoms in total. The molecule has 3 heterocycles. The Morgan fingerprint density at radius 2 is 1.51 bits per heavy atom. The molecule has 3 aromatic rings. The van der Waals surface area contributed by atoms with Gasteiger partial charge in [0.25, 0.3) is 11.8 Å². The molecule has 2 saturated heterocycles. The van der Waals surface area contributed by atoms with Crippen molar-refractivity contribution in [2.45, 2.75) is 25.4 Å². The average molecular weight is 469 g/mol. The molecule has 0 aromatic heterocycles. The Morgan fingerprint density at radius 3 is 2.23 bits per heavy atom. The Bertz CT molecular complexity index is 1270. The summed E-state index contributed by atoms with van der Waals surface area (Å²) in [5.74, 6) is 1.19. The van der Waals surface area contributed by atoms with Crippen molar-refractivity contribution >= 4 is 23.2 Å². The zero-order valence-electron chi connectivity index (χ0n) is 19.7. The van der Waals surface area contributed by atoms with Crippen molar-refractivity contribution in [3.05, 3.63) is 83.4 Å². The van der Waals surface area contributed by atoms with Crippen molar-refractivity contribution in [1.29, 1.82) is 0 Å². The summed E-state index contributed by atoms with van der Waals surface area (Å²) in [5, 5.41) is 0. The van der Waals surface area contributed by atoms with Crippen molar-refractivity contribution in [3.8, 4) is 11.5 Å². The Morgan fingerprint density at radius 1 is 0.829 bits per heavy atom. The quantitative estimate of drug-likeness (QED) is 0.462. The van der Waals surface area contributed by atoms with E-state index in [0.29, 0.717) is 23.4 Å². The molecule has 0 radical (unpaired) electrons. The van der Waals surface area contributed by atoms with Gasteiger partial charge in [0.05, 0.1) is 28.5 Å². The van der Waals surface area contributed by atoms with Crippen LogP contribution in [-0.2, 0) is 0 Å². The molecule has 2 fully saturated rings. The minimum absolute atomic E-state index is 0.0588. The van der Waals surface area contributed by atoms with Gasteiger partial charge in [-0.3, -0.25) is 19.4 Å². The van der Waals surface area contributed by atoms with Gasteiger partial charge in [0.1, 0.15) is 11.5 Å². The van der Waals surface area contributed by atoms with Gasteiger partial charge in [-0.15, -0.1) is 0 Å². The number of rotatable bonds is 4. The molecule has 0 bridgehead atoms. The first-order valence-corrected chi connectivity index (χ1v) is 12.1. The first-order valence-electron chi connectivity index (χ1n) is 12.1. The zero-order valence-corrected chi connectivity index (χ0v) is 19.7. The topological polar surface area (TPSA) is 79.1 Å². The van der Waals surface area contributed by atoms with Gasteiger partial charge in [-0.05, 0) is 49.7 Å². The fraction of sp³-hybridized carbons (Fsp3) is 0.286. The predicted molar refractivity (Wildman–Crippen MR) is 135 cm³/mol. The smallest absolute Gasteiger partial charge is 0.261 e. The standard InChI is InChI=1S/C28H28N4O3/c1-18-25(35-19-7-3-2-4-8-19)12-11-22(29)26(18)31-16-15-30-14-13-23(24(30)17-31)32-27(33)20-9-5-6-10-21(20)28(32)34/h2-12,23-24H,13-17,29H2,1H3/t23-,24+/m1/s1. The fourth-order valence-electron chi connectivity index (χ4n) is 5.84. The van der Waals surface area contributed by atoms with Crippen LogP contribution >= 0.6 is 0 Å². The second-order valence-electron chi connectivity index (χ2n) is 9.47. The number of nitrogen functional groups attached to an aromatic ring is 1. The lowest BCUT2D eigenvalue weighted by Crippen LogP contribution is -2.57. The van der Waals surface area contributed by atoms with Crippen molar-refractivity contribution < 1.29 is 14.3 Å². The highest BCUT2D eigenvalue weighted by Gasteiger charge is 2.48. The Balaban J connectivity index is 1.28. The van der Waals surface area contributed by atoms with Gasteiger partial charge >= 0.3 is 0 Å². The molecule has 0 aliphatic carbocycles. The number of nitrogens with two attached hydrogens (primary N) is 1. The fourth-order valence-corrected chi connectivity index (χ4v) is 5.84. The molecule has 35 heavy (non-hydrogen) atoms. The lowest BCUT2D eigenvalue weighted by Gasteiger charge is -2.42. The number of benzene rings is 3. The van der Waals surface area contributed by atoms with E-state index >= 15 is 0 Å². The van der Waals surface area contributed by atoms with Gasteiger partial charge in [0.2, 0.25) is 0 Å². The average Bonchev–Trinajstić information content (AvgIpc) is 3.40. The molecule has 2 amide bonds. The van der Waals surface area contributed by atoms with E-state index in [1.165, 1.54) is 4.90 Å². The van der Waals surface area contributed by atoms with E-state index in [1.54, 1.807) is 12.1 Å². The number of para-hydroxylation sites is 1. The van der Waals surface area contributed by atoms with Gasteiger partial charge in [0, 0.05) is 37.8 Å². The second kappa shape index (κ2) is 8.43. The van der Waals surface area contributed by atoms with E-state index in [-0.39, 0.29) is 23.9 Å². The number of piperazine rings is 1. The van der Waals surface area contributed by atoms with E-state index in [2.05, 4.69) is 9.80 Å². The third-order valence-electron chi connectivity index (χ3n) is 7.55. The Hall–Kier alpha value is -3.84. The van der Waals surface area contributed by atoms with Gasteiger partial charge in [-0.1, -0.05) is 30.3 Å². The molecule has 178 valence electrons. The molecule has 3 aliphatic rings. The number of carbonyl (C=O) groups is 2. The summed E-state index contributed by atoms with van der Waals surface area (Å²) >= 11 is 0. The predicted octanol–water partition coefficient (Wildman–Crippen LogP) is 3.93. The summed E-state index contributed by atoms with van der Waals surface area (Å²) in [6, 6.07) is 20.5. The molecule has 6 rings (SSSR count). The van der Waals surface area contributed by atoms with E-state index < -0.39 is 0 Å². The van der Waals surface area contributed by atoms with Crippen molar-refractivity contribution in [1.82, 2.24) is 9.80 Å². The number of ether oxygens (including phenoxy) is 1. The van der Waals surface area contributed by atoms with Crippen LogP contribution in [0, 0.1) is 6.92 Å². The molecule has 3 aromatic carbocycles. The van der Waals surface area contributed by atoms with Crippen LogP contribution in [0.1, 0.15) is 32.7 Å². The third-order valence-corrected chi connectivity index (χ3v) is 7.55. The molecular weight excluding hydrogens is 440 g/mol. The van der Waals surface area contributed by atoms with Gasteiger partial charge < -0.3 is 15.4 Å². The highest BCUT2D eigenvalue weighted by molar-refractivity contribution is 6.21. The number of imide groups is 1. The SMILES string of the molecule is Cc1c(Oc2ccccc2)ccc(N)c1N1CCN2CC[C@@H](N3C(=O)c4ccccc4C3=O)[C@@H]2C1. The Kier molecular flexibility index (Phi) is 5.22. The van der Waals surface area contributed by atoms with Crippen LogP contribution < -0.4 is 15.4 Å². The van der Waals surface area contributed by atoms with Crippen LogP contribution in [0.4, 0.5) is 11.4 Å². The van der Waals surface area contributed by atoms with E-state index in [9.17, 15) is 9.59 Å². The van der Waals surface area contributed by atoms with Crippen molar-refractivity contribution in [2.24, 2.45) is 0 Å². The highest BCUT2D eigenvalue weighted by Crippen LogP contribution is 2.39. The maximum Gasteiger partial charge on any atom is 0.261 e. The summed E-state index contributed by atoms with van der Waals surface area (Å²) in [5.41, 5.74) is 10.1. The molecule has 2 N–H and O–H groups in total. The third kappa shape index (κ3) is 3.54. The Labute approximate surface area is 204 Å². The van der Waals surface area contributed by atoms with Gasteiger partial charge in [0.15, 0.2) is 0 Å². The largest absolute Gasteiger partial charge is 0.457 e. The molecule has 0 spiro atoms. The summed E-state index contributed by atoms with van der Waals surface area (Å²) in [6.45, 7) is 5.28. The van der Waals surface area contributed by atoms with E-state index in [0.717, 1.165) is 48.8 Å². The van der Waals surface area contributed by atoms with E-state index in [4.69, 9.17) is 10.5 Å². The minimum atomic E-state index is -0.177. The molecule has 2 atom stereocenters. The summed E-state index contributed by atoms with van der Waals surface area (Å²) < 4.78 is 6.16. The first-order chi connectivity index (χ1) is 17.0. The van der Waals surface area contributed by atoms with Crippen LogP contribution in [0.3, 0.4) is 0 Å². The molecule has 0 unspecified atom stereocenters. The van der Waals surface area contributed by atoms with Crippen LogP contribution in [0.2, 0.25) is 0 Å². The van der Waals surface area contributed by atoms with Crippen LogP contribution in [0.15, 0.2) is 66.7 Å². The van der Waals surface area contributed by atoms with Crippen molar-refractivity contribution in [3.63, 3.8) is 0 Å². The minimum Gasteiger partial charge on any atom is -0.457 e. The lowest BCUT2D eigenvalue weighted by atomic mass is 10.0. The number of hydrogen-bond acceptors (Lipinski definition) is 6. The van der Waals surface area contributed by atoms with Crippen molar-refractivity contribution in [2.75, 3.05) is 36.8 Å². The lowest BCUT2D eigenvalue weighted by molar-refractivity contribution is 0.0538. The van der Waals surface area contributed by atoms with Gasteiger partial charge in [-0.2, -0.15) is 0 Å². The van der Waals surface area contributed by atoms with E-state index in [1.807, 2.05) is 61.5 Å². The number of anilines is 2. The number of carbonyl (C=O) groups excluding carboxylic acids is 2. The maximum absolute atomic E-state index is 13.2. The number of amides is 2. The molecule has 7 heteroatoms. The van der Waals surface area contributed by atoms with Crippen LogP contribution in [-0.4, -0.2) is 59.9 Å². The monoisotopic (exact) mass is 468 g/mol. The highest BCUT2D eigenvalue weighted by atomic mass is 16.5. The number of hydrogen-bond donors (Lipinski definition) is 1. The van der Waals surface area contributed by atoms with Crippen LogP contribution in [0.5, 0.6) is 11.5 Å². The summed E-state index contributed by atoms with van der Waals surface area (Å²) in [7, 11) is 0. The van der Waals surface area contributed by atoms with Crippen LogP contribution in [0.25, 0.3) is 0 Å². The molecular formula is C28H28N4O3. The number of nitrogens with zero attached hydrogens (tertiary/aromatic N) is 3. The summed E-state index contributed by atoms with van der Waals surface area (Å²) in [6.07, 6.45) is 0.787. The normalized spacial score (nSPS) is 21.9. The molecule has 0 saturated carbocycles. The molecule has 3 aliphatic heterocycles.